The first kappa shape index (κ1) is 10.3. The molecule has 74 valence electrons. The zero-order chi connectivity index (χ0) is 10.0. The molecule has 2 heteroatoms. The smallest absolute Gasteiger partial charge is 0.0476 e. The summed E-state index contributed by atoms with van der Waals surface area (Å²) in [4.78, 5) is 0. The Morgan fingerprint density at radius 2 is 1.69 bits per heavy atom. The summed E-state index contributed by atoms with van der Waals surface area (Å²) in [5.74, 6) is 0.310. The standard InChI is InChI=1S/C11H19NO/c1-8(7-13)11(4)12-9(2)5-6-10(12)3/h5-6,8,11,13H,7H2,1-4H3. The molecule has 0 amide bonds. The maximum absolute atomic E-state index is 9.07. The number of aliphatic hydroxyl groups is 1. The van der Waals surface area contributed by atoms with Gasteiger partial charge in [-0.1, -0.05) is 6.92 Å². The highest BCUT2D eigenvalue weighted by Gasteiger charge is 2.15. The quantitative estimate of drug-likeness (QED) is 0.760. The molecule has 1 heterocycles. The number of hydrogen-bond acceptors (Lipinski definition) is 1. The van der Waals surface area contributed by atoms with Crippen LogP contribution in [0.4, 0.5) is 0 Å². The Bertz CT molecular complexity index is 258. The molecule has 1 N–H and O–H groups in total. The zero-order valence-corrected chi connectivity index (χ0v) is 8.91. The maximum atomic E-state index is 9.07. The highest BCUT2D eigenvalue weighted by atomic mass is 16.3. The Morgan fingerprint density at radius 3 is 2.08 bits per heavy atom. The summed E-state index contributed by atoms with van der Waals surface area (Å²) in [7, 11) is 0. The molecular formula is C11H19NO. The maximum Gasteiger partial charge on any atom is 0.0476 e. The normalized spacial score (nSPS) is 15.8. The van der Waals surface area contributed by atoms with Crippen LogP contribution in [0.15, 0.2) is 12.1 Å². The lowest BCUT2D eigenvalue weighted by atomic mass is 10.0. The molecular weight excluding hydrogens is 162 g/mol. The average molecular weight is 181 g/mol. The van der Waals surface area contributed by atoms with Gasteiger partial charge in [0, 0.05) is 24.0 Å². The minimum atomic E-state index is 0.248. The van der Waals surface area contributed by atoms with Crippen molar-refractivity contribution in [1.29, 1.82) is 0 Å². The molecule has 2 nitrogen and oxygen atoms in total. The van der Waals surface area contributed by atoms with Crippen LogP contribution in [0.2, 0.25) is 0 Å². The van der Waals surface area contributed by atoms with Gasteiger partial charge in [-0.15, -0.1) is 0 Å². The van der Waals surface area contributed by atoms with Crippen molar-refractivity contribution in [2.75, 3.05) is 6.61 Å². The molecule has 0 radical (unpaired) electrons. The SMILES string of the molecule is Cc1ccc(C)n1C(C)C(C)CO. The van der Waals surface area contributed by atoms with Gasteiger partial charge in [-0.25, -0.2) is 0 Å². The Labute approximate surface area is 80.2 Å². The van der Waals surface area contributed by atoms with Crippen LogP contribution in [0.1, 0.15) is 31.3 Å². The second-order valence-corrected chi connectivity index (χ2v) is 3.89. The molecule has 1 rings (SSSR count). The van der Waals surface area contributed by atoms with E-state index in [4.69, 9.17) is 5.11 Å². The van der Waals surface area contributed by atoms with Crippen molar-refractivity contribution in [2.45, 2.75) is 33.7 Å². The van der Waals surface area contributed by atoms with Crippen LogP contribution in [0.25, 0.3) is 0 Å². The number of aromatic nitrogens is 1. The topological polar surface area (TPSA) is 25.2 Å². The van der Waals surface area contributed by atoms with Gasteiger partial charge in [0.25, 0.3) is 0 Å². The van der Waals surface area contributed by atoms with Crippen molar-refractivity contribution < 1.29 is 5.11 Å². The van der Waals surface area contributed by atoms with Gasteiger partial charge in [0.2, 0.25) is 0 Å². The Morgan fingerprint density at radius 1 is 1.23 bits per heavy atom. The van der Waals surface area contributed by atoms with E-state index < -0.39 is 0 Å². The third-order valence-electron chi connectivity index (χ3n) is 2.84. The van der Waals surface area contributed by atoms with Gasteiger partial charge in [-0.05, 0) is 38.8 Å². The fourth-order valence-electron chi connectivity index (χ4n) is 1.73. The van der Waals surface area contributed by atoms with Gasteiger partial charge < -0.3 is 9.67 Å². The van der Waals surface area contributed by atoms with E-state index in [0.29, 0.717) is 12.0 Å². The van der Waals surface area contributed by atoms with Gasteiger partial charge >= 0.3 is 0 Å². The van der Waals surface area contributed by atoms with Crippen molar-refractivity contribution >= 4 is 0 Å². The minimum absolute atomic E-state index is 0.248. The molecule has 0 spiro atoms. The molecule has 1 aromatic rings. The van der Waals surface area contributed by atoms with Gasteiger partial charge in [0.15, 0.2) is 0 Å². The third kappa shape index (κ3) is 1.94. The number of nitrogens with zero attached hydrogens (tertiary/aromatic N) is 1. The van der Waals surface area contributed by atoms with Crippen LogP contribution in [-0.2, 0) is 0 Å². The summed E-state index contributed by atoms with van der Waals surface area (Å²) in [6, 6.07) is 4.62. The van der Waals surface area contributed by atoms with E-state index in [1.807, 2.05) is 0 Å². The molecule has 2 unspecified atom stereocenters. The lowest BCUT2D eigenvalue weighted by Crippen LogP contribution is -2.18. The molecule has 0 bridgehead atoms. The fourth-order valence-corrected chi connectivity index (χ4v) is 1.73. The molecule has 0 aromatic carbocycles. The molecule has 0 aliphatic rings. The predicted molar refractivity (Wildman–Crippen MR) is 54.9 cm³/mol. The zero-order valence-electron chi connectivity index (χ0n) is 8.91. The third-order valence-corrected chi connectivity index (χ3v) is 2.84. The highest BCUT2D eigenvalue weighted by molar-refractivity contribution is 5.15. The summed E-state index contributed by atoms with van der Waals surface area (Å²) >= 11 is 0. The first-order valence-corrected chi connectivity index (χ1v) is 4.83. The Kier molecular flexibility index (Phi) is 3.15. The summed E-state index contributed by atoms with van der Waals surface area (Å²) in [5, 5.41) is 9.07. The Hall–Kier alpha value is -0.760. The van der Waals surface area contributed by atoms with Crippen molar-refractivity contribution in [3.05, 3.63) is 23.5 Å². The van der Waals surface area contributed by atoms with Crippen molar-refractivity contribution in [2.24, 2.45) is 5.92 Å². The van der Waals surface area contributed by atoms with Crippen LogP contribution < -0.4 is 0 Å². The summed E-state index contributed by atoms with van der Waals surface area (Å²) in [6.45, 7) is 8.68. The first-order chi connectivity index (χ1) is 6.07. The van der Waals surface area contributed by atoms with Crippen molar-refractivity contribution in [3.63, 3.8) is 0 Å². The Balaban J connectivity index is 2.93. The molecule has 0 saturated carbocycles. The van der Waals surface area contributed by atoms with E-state index in [-0.39, 0.29) is 6.61 Å². The molecule has 1 aromatic heterocycles. The van der Waals surface area contributed by atoms with Gasteiger partial charge in [0.1, 0.15) is 0 Å². The average Bonchev–Trinajstić information content (AvgIpc) is 2.44. The van der Waals surface area contributed by atoms with Crippen molar-refractivity contribution in [1.82, 2.24) is 4.57 Å². The molecule has 0 fully saturated rings. The van der Waals surface area contributed by atoms with Crippen LogP contribution in [-0.4, -0.2) is 16.3 Å². The fraction of sp³-hybridized carbons (Fsp3) is 0.636. The lowest BCUT2D eigenvalue weighted by Gasteiger charge is -2.23. The molecule has 0 aliphatic carbocycles. The van der Waals surface area contributed by atoms with E-state index in [1.165, 1.54) is 11.4 Å². The molecule has 13 heavy (non-hydrogen) atoms. The second-order valence-electron chi connectivity index (χ2n) is 3.89. The minimum Gasteiger partial charge on any atom is -0.396 e. The monoisotopic (exact) mass is 181 g/mol. The van der Waals surface area contributed by atoms with Crippen LogP contribution in [0.5, 0.6) is 0 Å². The second kappa shape index (κ2) is 3.97. The van der Waals surface area contributed by atoms with Crippen molar-refractivity contribution in [3.8, 4) is 0 Å². The van der Waals surface area contributed by atoms with Crippen LogP contribution in [0, 0.1) is 19.8 Å². The first-order valence-electron chi connectivity index (χ1n) is 4.83. The number of hydrogen-bond donors (Lipinski definition) is 1. The highest BCUT2D eigenvalue weighted by Crippen LogP contribution is 2.21. The molecule has 0 aliphatic heterocycles. The summed E-state index contributed by atoms with van der Waals surface area (Å²) in [5.41, 5.74) is 2.54. The van der Waals surface area contributed by atoms with E-state index in [1.54, 1.807) is 0 Å². The number of aryl methyl sites for hydroxylation is 2. The number of rotatable bonds is 3. The number of aliphatic hydroxyl groups excluding tert-OH is 1. The van der Waals surface area contributed by atoms with E-state index in [9.17, 15) is 0 Å². The van der Waals surface area contributed by atoms with Gasteiger partial charge in [0.05, 0.1) is 0 Å². The van der Waals surface area contributed by atoms with E-state index in [0.717, 1.165) is 0 Å². The largest absolute Gasteiger partial charge is 0.396 e. The molecule has 2 atom stereocenters. The van der Waals surface area contributed by atoms with Crippen LogP contribution in [0.3, 0.4) is 0 Å². The van der Waals surface area contributed by atoms with E-state index in [2.05, 4.69) is 44.4 Å². The predicted octanol–water partition coefficient (Wildman–Crippen LogP) is 2.29. The summed E-state index contributed by atoms with van der Waals surface area (Å²) < 4.78 is 2.28. The summed E-state index contributed by atoms with van der Waals surface area (Å²) in [6.07, 6.45) is 0. The van der Waals surface area contributed by atoms with Crippen LogP contribution >= 0.6 is 0 Å². The van der Waals surface area contributed by atoms with Gasteiger partial charge in [-0.3, -0.25) is 0 Å². The molecule has 0 saturated heterocycles. The van der Waals surface area contributed by atoms with Gasteiger partial charge in [-0.2, -0.15) is 0 Å². The lowest BCUT2D eigenvalue weighted by molar-refractivity contribution is 0.195. The van der Waals surface area contributed by atoms with E-state index >= 15 is 0 Å².